The van der Waals surface area contributed by atoms with Crippen LogP contribution >= 0.6 is 0 Å². The highest BCUT2D eigenvalue weighted by atomic mass is 32.2. The van der Waals surface area contributed by atoms with Gasteiger partial charge >= 0.3 is 0 Å². The van der Waals surface area contributed by atoms with Crippen molar-refractivity contribution >= 4 is 21.5 Å². The number of hydrogen-bond donors (Lipinski definition) is 0. The molecule has 0 aliphatic carbocycles. The van der Waals surface area contributed by atoms with Gasteiger partial charge in [0, 0.05) is 37.2 Å². The van der Waals surface area contributed by atoms with Crippen LogP contribution in [0.2, 0.25) is 0 Å². The Morgan fingerprint density at radius 3 is 2.43 bits per heavy atom. The topological polar surface area (TPSA) is 71.5 Å². The molecule has 1 amide bonds. The summed E-state index contributed by atoms with van der Waals surface area (Å²) >= 11 is 0. The Kier molecular flexibility index (Phi) is 4.46. The van der Waals surface area contributed by atoms with Crippen molar-refractivity contribution in [3.8, 4) is 0 Å². The summed E-state index contributed by atoms with van der Waals surface area (Å²) in [4.78, 5) is 25.9. The minimum absolute atomic E-state index is 0.0852. The molecule has 1 fully saturated rings. The molecule has 21 heavy (non-hydrogen) atoms. The summed E-state index contributed by atoms with van der Waals surface area (Å²) in [5.74, 6) is -0.0204. The maximum atomic E-state index is 12.4. The smallest absolute Gasteiger partial charge is 0.253 e. The summed E-state index contributed by atoms with van der Waals surface area (Å²) in [6.07, 6.45) is 2.26. The molecule has 1 saturated heterocycles. The van der Waals surface area contributed by atoms with Gasteiger partial charge in [-0.3, -0.25) is 9.59 Å². The summed E-state index contributed by atoms with van der Waals surface area (Å²) in [5.41, 5.74) is 0.451. The van der Waals surface area contributed by atoms with Crippen LogP contribution in [0.25, 0.3) is 0 Å². The number of likely N-dealkylation sites (tertiary alicyclic amines) is 1. The fourth-order valence-corrected chi connectivity index (χ4v) is 3.11. The largest absolute Gasteiger partial charge is 0.337 e. The molecule has 0 saturated carbocycles. The lowest BCUT2D eigenvalue weighted by atomic mass is 9.93. The van der Waals surface area contributed by atoms with E-state index in [0.717, 1.165) is 12.7 Å². The van der Waals surface area contributed by atoms with E-state index in [9.17, 15) is 18.0 Å². The van der Waals surface area contributed by atoms with Gasteiger partial charge in [-0.15, -0.1) is 0 Å². The van der Waals surface area contributed by atoms with Crippen LogP contribution in [-0.4, -0.2) is 44.4 Å². The van der Waals surface area contributed by atoms with E-state index < -0.39 is 9.84 Å². The lowest BCUT2D eigenvalue weighted by Crippen LogP contribution is -2.43. The van der Waals surface area contributed by atoms with Crippen LogP contribution in [0, 0.1) is 5.92 Å². The average Bonchev–Trinajstić information content (AvgIpc) is 2.46. The van der Waals surface area contributed by atoms with Crippen LogP contribution in [0.4, 0.5) is 0 Å². The molecular formula is C15H19NO4S. The zero-order valence-corrected chi connectivity index (χ0v) is 13.0. The number of benzene rings is 1. The quantitative estimate of drug-likeness (QED) is 0.849. The molecule has 1 atom stereocenters. The number of rotatable bonds is 3. The van der Waals surface area contributed by atoms with Gasteiger partial charge in [0.25, 0.3) is 5.91 Å². The van der Waals surface area contributed by atoms with Crippen LogP contribution in [0.15, 0.2) is 29.2 Å². The predicted octanol–water partition coefficient (Wildman–Crippen LogP) is 1.53. The van der Waals surface area contributed by atoms with E-state index in [4.69, 9.17) is 0 Å². The van der Waals surface area contributed by atoms with Crippen LogP contribution in [-0.2, 0) is 14.6 Å². The highest BCUT2D eigenvalue weighted by Crippen LogP contribution is 2.19. The molecule has 1 aliphatic rings. The standard InChI is InChI=1S/C15H19NO4S/c1-3-11-10-16(9-8-14(11)17)15(18)12-4-6-13(7-5-12)21(2,19)20/h4-7,11H,3,8-10H2,1-2H3. The van der Waals surface area contributed by atoms with Gasteiger partial charge in [-0.25, -0.2) is 8.42 Å². The molecule has 5 nitrogen and oxygen atoms in total. The Morgan fingerprint density at radius 1 is 1.29 bits per heavy atom. The number of piperidine rings is 1. The lowest BCUT2D eigenvalue weighted by Gasteiger charge is -2.31. The van der Waals surface area contributed by atoms with E-state index in [0.29, 0.717) is 25.1 Å². The predicted molar refractivity (Wildman–Crippen MR) is 78.9 cm³/mol. The van der Waals surface area contributed by atoms with Gasteiger partial charge < -0.3 is 4.90 Å². The Hall–Kier alpha value is -1.69. The summed E-state index contributed by atoms with van der Waals surface area (Å²) < 4.78 is 22.8. The van der Waals surface area contributed by atoms with Crippen LogP contribution in [0.3, 0.4) is 0 Å². The SMILES string of the molecule is CCC1CN(C(=O)c2ccc(S(C)(=O)=O)cc2)CCC1=O. The van der Waals surface area contributed by atoms with Crippen molar-refractivity contribution in [2.75, 3.05) is 19.3 Å². The first-order chi connectivity index (χ1) is 9.82. The van der Waals surface area contributed by atoms with Crippen molar-refractivity contribution in [2.24, 2.45) is 5.92 Å². The van der Waals surface area contributed by atoms with E-state index >= 15 is 0 Å². The zero-order valence-electron chi connectivity index (χ0n) is 12.2. The zero-order chi connectivity index (χ0) is 15.6. The first-order valence-electron chi connectivity index (χ1n) is 6.95. The van der Waals surface area contributed by atoms with Crippen LogP contribution in [0.1, 0.15) is 30.1 Å². The van der Waals surface area contributed by atoms with Gasteiger partial charge in [-0.05, 0) is 30.7 Å². The lowest BCUT2D eigenvalue weighted by molar-refractivity contribution is -0.125. The summed E-state index contributed by atoms with van der Waals surface area (Å²) in [6, 6.07) is 5.93. The maximum Gasteiger partial charge on any atom is 0.253 e. The second-order valence-electron chi connectivity index (χ2n) is 5.37. The van der Waals surface area contributed by atoms with E-state index in [1.165, 1.54) is 24.3 Å². The minimum Gasteiger partial charge on any atom is -0.337 e. The third kappa shape index (κ3) is 3.50. The molecule has 1 aromatic carbocycles. The molecule has 1 aliphatic heterocycles. The van der Waals surface area contributed by atoms with Crippen molar-refractivity contribution in [3.63, 3.8) is 0 Å². The first-order valence-corrected chi connectivity index (χ1v) is 8.84. The van der Waals surface area contributed by atoms with Gasteiger partial charge in [0.1, 0.15) is 5.78 Å². The molecule has 1 aromatic rings. The number of carbonyl (C=O) groups excluding carboxylic acids is 2. The molecule has 6 heteroatoms. The summed E-state index contributed by atoms with van der Waals surface area (Å²) in [7, 11) is -3.26. The Balaban J connectivity index is 2.15. The molecule has 0 radical (unpaired) electrons. The van der Waals surface area contributed by atoms with Crippen molar-refractivity contribution in [1.29, 1.82) is 0 Å². The fourth-order valence-electron chi connectivity index (χ4n) is 2.48. The number of carbonyl (C=O) groups is 2. The fraction of sp³-hybridized carbons (Fsp3) is 0.467. The van der Waals surface area contributed by atoms with Gasteiger partial charge in [0.15, 0.2) is 9.84 Å². The van der Waals surface area contributed by atoms with Gasteiger partial charge in [0.05, 0.1) is 4.90 Å². The van der Waals surface area contributed by atoms with Crippen molar-refractivity contribution in [2.45, 2.75) is 24.7 Å². The van der Waals surface area contributed by atoms with E-state index in [1.807, 2.05) is 6.92 Å². The normalized spacial score (nSPS) is 19.6. The van der Waals surface area contributed by atoms with Gasteiger partial charge in [-0.1, -0.05) is 6.92 Å². The molecular weight excluding hydrogens is 290 g/mol. The Morgan fingerprint density at radius 2 is 1.90 bits per heavy atom. The Bertz CT molecular complexity index is 649. The van der Waals surface area contributed by atoms with Crippen LogP contribution in [0.5, 0.6) is 0 Å². The second-order valence-corrected chi connectivity index (χ2v) is 7.38. The number of hydrogen-bond acceptors (Lipinski definition) is 4. The number of nitrogens with zero attached hydrogens (tertiary/aromatic N) is 1. The third-order valence-corrected chi connectivity index (χ3v) is 4.96. The second kappa shape index (κ2) is 5.97. The molecule has 1 unspecified atom stereocenters. The average molecular weight is 309 g/mol. The van der Waals surface area contributed by atoms with Crippen LogP contribution < -0.4 is 0 Å². The molecule has 114 valence electrons. The molecule has 1 heterocycles. The summed E-state index contributed by atoms with van der Waals surface area (Å²) in [5, 5.41) is 0. The molecule has 0 bridgehead atoms. The highest BCUT2D eigenvalue weighted by Gasteiger charge is 2.29. The monoisotopic (exact) mass is 309 g/mol. The van der Waals surface area contributed by atoms with Crippen molar-refractivity contribution in [1.82, 2.24) is 4.90 Å². The van der Waals surface area contributed by atoms with Gasteiger partial charge in [0.2, 0.25) is 0 Å². The maximum absolute atomic E-state index is 12.4. The van der Waals surface area contributed by atoms with E-state index in [1.54, 1.807) is 4.90 Å². The number of ketones is 1. The molecule has 0 aromatic heterocycles. The Labute approximate surface area is 124 Å². The molecule has 0 spiro atoms. The van der Waals surface area contributed by atoms with E-state index in [-0.39, 0.29) is 22.5 Å². The van der Waals surface area contributed by atoms with Crippen molar-refractivity contribution in [3.05, 3.63) is 29.8 Å². The number of Topliss-reactive ketones (excluding diaryl/α,β-unsaturated/α-hetero) is 1. The minimum atomic E-state index is -3.26. The van der Waals surface area contributed by atoms with E-state index in [2.05, 4.69) is 0 Å². The molecule has 2 rings (SSSR count). The molecule has 0 N–H and O–H groups in total. The number of sulfone groups is 1. The van der Waals surface area contributed by atoms with Crippen molar-refractivity contribution < 1.29 is 18.0 Å². The highest BCUT2D eigenvalue weighted by molar-refractivity contribution is 7.90. The summed E-state index contributed by atoms with van der Waals surface area (Å²) in [6.45, 7) is 2.82. The van der Waals surface area contributed by atoms with Gasteiger partial charge in [-0.2, -0.15) is 0 Å². The number of amides is 1. The third-order valence-electron chi connectivity index (χ3n) is 3.83. The first kappa shape index (κ1) is 15.7.